The second kappa shape index (κ2) is 6.30. The Morgan fingerprint density at radius 3 is 2.88 bits per heavy atom. The van der Waals surface area contributed by atoms with Gasteiger partial charge in [0.1, 0.15) is 0 Å². The Bertz CT molecular complexity index is 982. The van der Waals surface area contributed by atoms with Crippen LogP contribution in [0.5, 0.6) is 0 Å². The third-order valence-corrected chi connectivity index (χ3v) is 4.68. The number of imidazole rings is 1. The molecule has 1 aliphatic rings. The summed E-state index contributed by atoms with van der Waals surface area (Å²) in [5, 5.41) is 14.0. The fourth-order valence-electron chi connectivity index (χ4n) is 3.14. The molecule has 4 rings (SSSR count). The molecule has 0 saturated heterocycles. The number of carboxylic acid groups (broad SMARTS) is 1. The first-order valence-corrected chi connectivity index (χ1v) is 8.29. The Hall–Kier alpha value is -3.13. The summed E-state index contributed by atoms with van der Waals surface area (Å²) in [7, 11) is 0. The number of carbonyl (C=O) groups is 2. The summed E-state index contributed by atoms with van der Waals surface area (Å²) >= 11 is 6.31. The fourth-order valence-corrected chi connectivity index (χ4v) is 3.40. The number of nitrogens with zero attached hydrogens (tertiary/aromatic N) is 4. The maximum Gasteiger partial charge on any atom is 0.332 e. The van der Waals surface area contributed by atoms with E-state index in [-0.39, 0.29) is 17.1 Å². The standard InChI is InChI=1S/C17H14ClN5O3/c18-12-8-10(23-6-1-5-21-23)2-3-11(12)16(24)22-7-4-13-14(20-9-19-13)15(22)17(25)26/h1-3,5-6,8-9,15H,4,7H2,(H,19,20)(H,25,26)/t15-/m0/s1. The van der Waals surface area contributed by atoms with Gasteiger partial charge < -0.3 is 15.0 Å². The van der Waals surface area contributed by atoms with Gasteiger partial charge in [0.15, 0.2) is 6.04 Å². The molecule has 0 aliphatic carbocycles. The van der Waals surface area contributed by atoms with E-state index < -0.39 is 17.9 Å². The molecule has 0 radical (unpaired) electrons. The molecule has 9 heteroatoms. The third kappa shape index (κ3) is 2.64. The lowest BCUT2D eigenvalue weighted by Crippen LogP contribution is -2.43. The number of carboxylic acids is 1. The highest BCUT2D eigenvalue weighted by molar-refractivity contribution is 6.34. The first-order valence-electron chi connectivity index (χ1n) is 7.91. The number of H-pyrrole nitrogens is 1. The van der Waals surface area contributed by atoms with Gasteiger partial charge in [-0.3, -0.25) is 4.79 Å². The first-order chi connectivity index (χ1) is 12.6. The largest absolute Gasteiger partial charge is 0.479 e. The van der Waals surface area contributed by atoms with Gasteiger partial charge in [-0.1, -0.05) is 11.6 Å². The van der Waals surface area contributed by atoms with E-state index >= 15 is 0 Å². The van der Waals surface area contributed by atoms with Gasteiger partial charge in [-0.25, -0.2) is 14.5 Å². The van der Waals surface area contributed by atoms with Crippen molar-refractivity contribution in [1.29, 1.82) is 0 Å². The van der Waals surface area contributed by atoms with Crippen molar-refractivity contribution in [2.24, 2.45) is 0 Å². The molecule has 132 valence electrons. The molecule has 0 unspecified atom stereocenters. The molecule has 3 aromatic rings. The van der Waals surface area contributed by atoms with Crippen LogP contribution in [0.1, 0.15) is 27.8 Å². The molecule has 3 heterocycles. The molecule has 26 heavy (non-hydrogen) atoms. The van der Waals surface area contributed by atoms with Gasteiger partial charge in [-0.05, 0) is 24.3 Å². The van der Waals surface area contributed by atoms with Gasteiger partial charge in [0, 0.05) is 31.1 Å². The number of benzene rings is 1. The van der Waals surface area contributed by atoms with Crippen molar-refractivity contribution >= 4 is 23.5 Å². The van der Waals surface area contributed by atoms with E-state index in [4.69, 9.17) is 11.6 Å². The minimum atomic E-state index is -1.14. The molecule has 1 amide bonds. The third-order valence-electron chi connectivity index (χ3n) is 4.37. The average molecular weight is 372 g/mol. The molecular formula is C17H14ClN5O3. The Balaban J connectivity index is 1.68. The Morgan fingerprint density at radius 1 is 1.35 bits per heavy atom. The molecule has 0 spiro atoms. The number of aliphatic carboxylic acids is 1. The molecule has 1 aliphatic heterocycles. The summed E-state index contributed by atoms with van der Waals surface area (Å²) in [5.74, 6) is -1.57. The number of halogens is 1. The van der Waals surface area contributed by atoms with Crippen LogP contribution < -0.4 is 0 Å². The number of rotatable bonds is 3. The molecule has 2 aromatic heterocycles. The summed E-state index contributed by atoms with van der Waals surface area (Å²) < 4.78 is 1.62. The van der Waals surface area contributed by atoms with E-state index in [1.807, 2.05) is 0 Å². The zero-order chi connectivity index (χ0) is 18.3. The minimum Gasteiger partial charge on any atom is -0.479 e. The van der Waals surface area contributed by atoms with Crippen molar-refractivity contribution < 1.29 is 14.7 Å². The highest BCUT2D eigenvalue weighted by atomic mass is 35.5. The summed E-state index contributed by atoms with van der Waals surface area (Å²) in [4.78, 5) is 33.0. The molecule has 0 fully saturated rings. The van der Waals surface area contributed by atoms with Crippen LogP contribution in [0.25, 0.3) is 5.69 Å². The maximum atomic E-state index is 13.0. The van der Waals surface area contributed by atoms with Crippen LogP contribution in [-0.2, 0) is 11.2 Å². The lowest BCUT2D eigenvalue weighted by molar-refractivity contribution is -0.143. The zero-order valence-corrected chi connectivity index (χ0v) is 14.2. The van der Waals surface area contributed by atoms with Gasteiger partial charge in [-0.2, -0.15) is 5.10 Å². The van der Waals surface area contributed by atoms with Crippen LogP contribution in [0.2, 0.25) is 5.02 Å². The average Bonchev–Trinajstić information content (AvgIpc) is 3.31. The number of hydrogen-bond acceptors (Lipinski definition) is 4. The first kappa shape index (κ1) is 16.3. The lowest BCUT2D eigenvalue weighted by Gasteiger charge is -2.32. The molecule has 0 saturated carbocycles. The van der Waals surface area contributed by atoms with Crippen molar-refractivity contribution in [2.45, 2.75) is 12.5 Å². The van der Waals surface area contributed by atoms with Crippen LogP contribution >= 0.6 is 11.6 Å². The molecule has 0 bridgehead atoms. The Kier molecular flexibility index (Phi) is 3.96. The van der Waals surface area contributed by atoms with Crippen LogP contribution in [-0.4, -0.2) is 48.2 Å². The van der Waals surface area contributed by atoms with E-state index in [1.54, 1.807) is 41.3 Å². The number of hydrogen-bond donors (Lipinski definition) is 2. The van der Waals surface area contributed by atoms with E-state index in [0.29, 0.717) is 17.8 Å². The summed E-state index contributed by atoms with van der Waals surface area (Å²) in [6.07, 6.45) is 5.35. The number of aromatic amines is 1. The molecule has 1 aromatic carbocycles. The van der Waals surface area contributed by atoms with Gasteiger partial charge in [-0.15, -0.1) is 0 Å². The molecular weight excluding hydrogens is 358 g/mol. The van der Waals surface area contributed by atoms with Crippen molar-refractivity contribution in [3.8, 4) is 5.69 Å². The SMILES string of the molecule is O=C(O)[C@@H]1c2nc[nH]c2CCN1C(=O)c1ccc(-n2cccn2)cc1Cl. The van der Waals surface area contributed by atoms with Gasteiger partial charge in [0.05, 0.1) is 28.3 Å². The predicted octanol–water partition coefficient (Wildman–Crippen LogP) is 2.07. The molecule has 8 nitrogen and oxygen atoms in total. The van der Waals surface area contributed by atoms with Gasteiger partial charge >= 0.3 is 5.97 Å². The minimum absolute atomic E-state index is 0.236. The number of fused-ring (bicyclic) bond motifs is 1. The normalized spacial score (nSPS) is 16.3. The van der Waals surface area contributed by atoms with Crippen LogP contribution in [0, 0.1) is 0 Å². The number of carbonyl (C=O) groups excluding carboxylic acids is 1. The van der Waals surface area contributed by atoms with Crippen LogP contribution in [0.4, 0.5) is 0 Å². The number of nitrogens with one attached hydrogen (secondary N) is 1. The second-order valence-electron chi connectivity index (χ2n) is 5.87. The van der Waals surface area contributed by atoms with Crippen molar-refractivity contribution in [3.05, 3.63) is 65.0 Å². The van der Waals surface area contributed by atoms with Crippen molar-refractivity contribution in [2.75, 3.05) is 6.54 Å². The lowest BCUT2D eigenvalue weighted by atomic mass is 10.0. The predicted molar refractivity (Wildman–Crippen MR) is 92.3 cm³/mol. The Labute approximate surface area is 153 Å². The van der Waals surface area contributed by atoms with Crippen LogP contribution in [0.15, 0.2) is 43.0 Å². The number of aromatic nitrogens is 4. The summed E-state index contributed by atoms with van der Waals surface area (Å²) in [5.41, 5.74) is 2.05. The fraction of sp³-hybridized carbons (Fsp3) is 0.176. The van der Waals surface area contributed by atoms with E-state index in [1.165, 1.54) is 11.2 Å². The quantitative estimate of drug-likeness (QED) is 0.733. The second-order valence-corrected chi connectivity index (χ2v) is 6.28. The topological polar surface area (TPSA) is 104 Å². The smallest absolute Gasteiger partial charge is 0.332 e. The zero-order valence-electron chi connectivity index (χ0n) is 13.5. The van der Waals surface area contributed by atoms with E-state index in [9.17, 15) is 14.7 Å². The maximum absolute atomic E-state index is 13.0. The highest BCUT2D eigenvalue weighted by Gasteiger charge is 2.38. The van der Waals surface area contributed by atoms with Crippen molar-refractivity contribution in [3.63, 3.8) is 0 Å². The van der Waals surface area contributed by atoms with Crippen LogP contribution in [0.3, 0.4) is 0 Å². The Morgan fingerprint density at radius 2 is 2.19 bits per heavy atom. The van der Waals surface area contributed by atoms with E-state index in [0.717, 1.165) is 5.69 Å². The molecule has 1 atom stereocenters. The monoisotopic (exact) mass is 371 g/mol. The molecule has 2 N–H and O–H groups in total. The van der Waals surface area contributed by atoms with E-state index in [2.05, 4.69) is 15.1 Å². The van der Waals surface area contributed by atoms with Gasteiger partial charge in [0.25, 0.3) is 5.91 Å². The summed E-state index contributed by atoms with van der Waals surface area (Å²) in [6.45, 7) is 0.266. The number of amides is 1. The van der Waals surface area contributed by atoms with Crippen molar-refractivity contribution in [1.82, 2.24) is 24.6 Å². The summed E-state index contributed by atoms with van der Waals surface area (Å²) in [6, 6.07) is 5.56. The highest BCUT2D eigenvalue weighted by Crippen LogP contribution is 2.31. The van der Waals surface area contributed by atoms with Gasteiger partial charge in [0.2, 0.25) is 0 Å².